The lowest BCUT2D eigenvalue weighted by molar-refractivity contribution is 0.191. The van der Waals surface area contributed by atoms with Crippen molar-refractivity contribution in [2.45, 2.75) is 39.2 Å². The van der Waals surface area contributed by atoms with Gasteiger partial charge in [0.15, 0.2) is 0 Å². The van der Waals surface area contributed by atoms with Gasteiger partial charge in [-0.1, -0.05) is 41.9 Å². The van der Waals surface area contributed by atoms with Gasteiger partial charge in [0.05, 0.1) is 0 Å². The number of rotatable bonds is 6. The zero-order chi connectivity index (χ0) is 14.4. The third-order valence-electron chi connectivity index (χ3n) is 4.35. The second-order valence-corrected chi connectivity index (χ2v) is 6.91. The number of hydrogen-bond acceptors (Lipinski definition) is 2. The molecule has 0 radical (unpaired) electrons. The molecule has 1 saturated heterocycles. The standard InChI is InChI=1S/C17H27BrN2/c1-3-17(15-5-4-6-16(18)13-15)19-9-12-20-10-7-14(2)8-11-20/h4-6,13-14,17,19H,3,7-12H2,1-2H3. The second kappa shape index (κ2) is 8.16. The van der Waals surface area contributed by atoms with E-state index in [1.165, 1.54) is 42.5 Å². The predicted octanol–water partition coefficient (Wildman–Crippen LogP) is 4.22. The molecule has 1 aliphatic rings. The van der Waals surface area contributed by atoms with Crippen molar-refractivity contribution in [1.82, 2.24) is 10.2 Å². The van der Waals surface area contributed by atoms with Gasteiger partial charge in [0.25, 0.3) is 0 Å². The summed E-state index contributed by atoms with van der Waals surface area (Å²) < 4.78 is 1.17. The molecule has 0 amide bonds. The summed E-state index contributed by atoms with van der Waals surface area (Å²) in [6.45, 7) is 9.43. The van der Waals surface area contributed by atoms with Crippen LogP contribution in [0.5, 0.6) is 0 Å². The normalized spacial score (nSPS) is 19.1. The number of nitrogens with one attached hydrogen (secondary N) is 1. The molecule has 1 aliphatic heterocycles. The van der Waals surface area contributed by atoms with Gasteiger partial charge in [-0.05, 0) is 56.0 Å². The van der Waals surface area contributed by atoms with Crippen LogP contribution >= 0.6 is 15.9 Å². The molecule has 0 spiro atoms. The van der Waals surface area contributed by atoms with Crippen LogP contribution in [0, 0.1) is 5.92 Å². The molecule has 112 valence electrons. The number of nitrogens with zero attached hydrogens (tertiary/aromatic N) is 1. The summed E-state index contributed by atoms with van der Waals surface area (Å²) in [5.74, 6) is 0.921. The van der Waals surface area contributed by atoms with Gasteiger partial charge < -0.3 is 10.2 Å². The number of hydrogen-bond donors (Lipinski definition) is 1. The Balaban J connectivity index is 1.76. The predicted molar refractivity (Wildman–Crippen MR) is 90.0 cm³/mol. The molecule has 2 rings (SSSR count). The molecule has 1 fully saturated rings. The van der Waals surface area contributed by atoms with E-state index >= 15 is 0 Å². The molecule has 1 unspecified atom stereocenters. The van der Waals surface area contributed by atoms with E-state index in [0.29, 0.717) is 6.04 Å². The Bertz CT molecular complexity index is 400. The average molecular weight is 339 g/mol. The van der Waals surface area contributed by atoms with E-state index in [1.54, 1.807) is 0 Å². The second-order valence-electron chi connectivity index (χ2n) is 5.99. The first kappa shape index (κ1) is 16.0. The minimum absolute atomic E-state index is 0.469. The Morgan fingerprint density at radius 1 is 1.35 bits per heavy atom. The molecule has 0 bridgehead atoms. The fourth-order valence-corrected chi connectivity index (χ4v) is 3.32. The van der Waals surface area contributed by atoms with Crippen molar-refractivity contribution in [3.63, 3.8) is 0 Å². The minimum atomic E-state index is 0.469. The fraction of sp³-hybridized carbons (Fsp3) is 0.647. The number of likely N-dealkylation sites (tertiary alicyclic amines) is 1. The van der Waals surface area contributed by atoms with Crippen molar-refractivity contribution in [1.29, 1.82) is 0 Å². The van der Waals surface area contributed by atoms with Crippen LogP contribution in [0.3, 0.4) is 0 Å². The molecule has 1 N–H and O–H groups in total. The fourth-order valence-electron chi connectivity index (χ4n) is 2.90. The molecule has 1 atom stereocenters. The zero-order valence-electron chi connectivity index (χ0n) is 12.7. The monoisotopic (exact) mass is 338 g/mol. The van der Waals surface area contributed by atoms with Crippen LogP contribution in [0.2, 0.25) is 0 Å². The van der Waals surface area contributed by atoms with Crippen LogP contribution in [0.4, 0.5) is 0 Å². The molecule has 0 saturated carbocycles. The molecule has 1 aromatic rings. The van der Waals surface area contributed by atoms with Gasteiger partial charge in [0.2, 0.25) is 0 Å². The Morgan fingerprint density at radius 3 is 2.75 bits per heavy atom. The van der Waals surface area contributed by atoms with Gasteiger partial charge in [-0.3, -0.25) is 0 Å². The summed E-state index contributed by atoms with van der Waals surface area (Å²) in [7, 11) is 0. The zero-order valence-corrected chi connectivity index (χ0v) is 14.3. The van der Waals surface area contributed by atoms with Crippen molar-refractivity contribution in [3.05, 3.63) is 34.3 Å². The topological polar surface area (TPSA) is 15.3 Å². The van der Waals surface area contributed by atoms with E-state index in [1.807, 2.05) is 0 Å². The molecule has 20 heavy (non-hydrogen) atoms. The van der Waals surface area contributed by atoms with Gasteiger partial charge in [-0.15, -0.1) is 0 Å². The molecule has 2 nitrogen and oxygen atoms in total. The first-order chi connectivity index (χ1) is 9.69. The first-order valence-electron chi connectivity index (χ1n) is 7.90. The third-order valence-corrected chi connectivity index (χ3v) is 4.85. The Morgan fingerprint density at radius 2 is 2.10 bits per heavy atom. The van der Waals surface area contributed by atoms with E-state index in [-0.39, 0.29) is 0 Å². The lowest BCUT2D eigenvalue weighted by atomic mass is 9.99. The van der Waals surface area contributed by atoms with Crippen molar-refractivity contribution in [3.8, 4) is 0 Å². The molecule has 1 heterocycles. The highest BCUT2D eigenvalue weighted by atomic mass is 79.9. The van der Waals surface area contributed by atoms with E-state index in [4.69, 9.17) is 0 Å². The Kier molecular flexibility index (Phi) is 6.53. The number of halogens is 1. The van der Waals surface area contributed by atoms with E-state index in [0.717, 1.165) is 18.9 Å². The van der Waals surface area contributed by atoms with E-state index in [9.17, 15) is 0 Å². The van der Waals surface area contributed by atoms with Gasteiger partial charge in [-0.25, -0.2) is 0 Å². The SMILES string of the molecule is CCC(NCCN1CCC(C)CC1)c1cccc(Br)c1. The summed E-state index contributed by atoms with van der Waals surface area (Å²) in [6.07, 6.45) is 3.86. The molecular weight excluding hydrogens is 312 g/mol. The van der Waals surface area contributed by atoms with Crippen LogP contribution in [0.1, 0.15) is 44.7 Å². The highest BCUT2D eigenvalue weighted by Gasteiger charge is 2.15. The molecule has 0 aliphatic carbocycles. The summed E-state index contributed by atoms with van der Waals surface area (Å²) in [4.78, 5) is 2.60. The van der Waals surface area contributed by atoms with Crippen LogP contribution in [-0.4, -0.2) is 31.1 Å². The lowest BCUT2D eigenvalue weighted by Gasteiger charge is -2.30. The summed E-state index contributed by atoms with van der Waals surface area (Å²) in [6, 6.07) is 9.12. The lowest BCUT2D eigenvalue weighted by Crippen LogP contribution is -2.38. The maximum absolute atomic E-state index is 3.71. The van der Waals surface area contributed by atoms with Crippen LogP contribution in [-0.2, 0) is 0 Å². The molecule has 0 aromatic heterocycles. The molecule has 3 heteroatoms. The summed E-state index contributed by atoms with van der Waals surface area (Å²) in [5.41, 5.74) is 1.38. The largest absolute Gasteiger partial charge is 0.309 e. The summed E-state index contributed by atoms with van der Waals surface area (Å²) in [5, 5.41) is 3.71. The van der Waals surface area contributed by atoms with Crippen molar-refractivity contribution in [2.24, 2.45) is 5.92 Å². The Labute approximate surface area is 132 Å². The van der Waals surface area contributed by atoms with Crippen molar-refractivity contribution in [2.75, 3.05) is 26.2 Å². The Hall–Kier alpha value is -0.380. The smallest absolute Gasteiger partial charge is 0.0318 e. The van der Waals surface area contributed by atoms with Crippen molar-refractivity contribution >= 4 is 15.9 Å². The van der Waals surface area contributed by atoms with Gasteiger partial charge >= 0.3 is 0 Å². The van der Waals surface area contributed by atoms with Gasteiger partial charge in [0, 0.05) is 23.6 Å². The maximum atomic E-state index is 3.71. The summed E-state index contributed by atoms with van der Waals surface area (Å²) >= 11 is 3.56. The minimum Gasteiger partial charge on any atom is -0.309 e. The van der Waals surface area contributed by atoms with Crippen LogP contribution in [0.15, 0.2) is 28.7 Å². The molecule has 1 aromatic carbocycles. The number of benzene rings is 1. The van der Waals surface area contributed by atoms with Crippen molar-refractivity contribution < 1.29 is 0 Å². The first-order valence-corrected chi connectivity index (χ1v) is 8.69. The highest BCUT2D eigenvalue weighted by molar-refractivity contribution is 9.10. The third kappa shape index (κ3) is 4.87. The highest BCUT2D eigenvalue weighted by Crippen LogP contribution is 2.20. The average Bonchev–Trinajstić information content (AvgIpc) is 2.45. The maximum Gasteiger partial charge on any atom is 0.0318 e. The van der Waals surface area contributed by atoms with Gasteiger partial charge in [-0.2, -0.15) is 0 Å². The van der Waals surface area contributed by atoms with Crippen LogP contribution in [0.25, 0.3) is 0 Å². The molecular formula is C17H27BrN2. The quantitative estimate of drug-likeness (QED) is 0.835. The van der Waals surface area contributed by atoms with Gasteiger partial charge in [0.1, 0.15) is 0 Å². The van der Waals surface area contributed by atoms with E-state index in [2.05, 4.69) is 64.3 Å². The van der Waals surface area contributed by atoms with Crippen LogP contribution < -0.4 is 5.32 Å². The number of piperidine rings is 1. The van der Waals surface area contributed by atoms with E-state index < -0.39 is 0 Å².